The molecule has 2 rings (SSSR count). The molecule has 0 bridgehead atoms. The van der Waals surface area contributed by atoms with E-state index in [1.165, 1.54) is 18.2 Å². The second-order valence-corrected chi connectivity index (χ2v) is 8.26. The quantitative estimate of drug-likeness (QED) is 0.797. The summed E-state index contributed by atoms with van der Waals surface area (Å²) in [6.07, 6.45) is 1.53. The van der Waals surface area contributed by atoms with Gasteiger partial charge >= 0.3 is 0 Å². The molecule has 1 saturated heterocycles. The molecule has 0 amide bonds. The number of primary sulfonamides is 1. The summed E-state index contributed by atoms with van der Waals surface area (Å²) in [4.78, 5) is -0.381. The maximum absolute atomic E-state index is 12.3. The topological polar surface area (TPSA) is 116 Å². The first kappa shape index (κ1) is 16.4. The predicted octanol–water partition coefficient (Wildman–Crippen LogP) is 0.180. The Balaban J connectivity index is 2.23. The van der Waals surface area contributed by atoms with E-state index in [0.29, 0.717) is 6.61 Å². The number of ether oxygens (including phenoxy) is 1. The van der Waals surface area contributed by atoms with Gasteiger partial charge in [0.1, 0.15) is 0 Å². The predicted molar refractivity (Wildman–Crippen MR) is 76.6 cm³/mol. The van der Waals surface area contributed by atoms with Gasteiger partial charge in [-0.3, -0.25) is 0 Å². The summed E-state index contributed by atoms with van der Waals surface area (Å²) < 4.78 is 55.1. The molecule has 0 spiro atoms. The second kappa shape index (κ2) is 6.01. The lowest BCUT2D eigenvalue weighted by Crippen LogP contribution is -2.40. The molecule has 21 heavy (non-hydrogen) atoms. The number of hydrogen-bond acceptors (Lipinski definition) is 5. The molecule has 1 aliphatic heterocycles. The van der Waals surface area contributed by atoms with Crippen LogP contribution in [0.2, 0.25) is 0 Å². The summed E-state index contributed by atoms with van der Waals surface area (Å²) in [5, 5.41) is 5.01. The van der Waals surface area contributed by atoms with Crippen molar-refractivity contribution in [3.8, 4) is 0 Å². The monoisotopic (exact) mass is 334 g/mol. The van der Waals surface area contributed by atoms with Crippen LogP contribution in [0.1, 0.15) is 19.8 Å². The zero-order chi connectivity index (χ0) is 15.7. The summed E-state index contributed by atoms with van der Waals surface area (Å²) in [5.74, 6) is 0. The number of nitrogens with one attached hydrogen (secondary N) is 1. The highest BCUT2D eigenvalue weighted by Crippen LogP contribution is 2.19. The Kier molecular flexibility index (Phi) is 4.69. The van der Waals surface area contributed by atoms with Gasteiger partial charge in [0.2, 0.25) is 20.0 Å². The van der Waals surface area contributed by atoms with E-state index >= 15 is 0 Å². The molecule has 0 aromatic heterocycles. The van der Waals surface area contributed by atoms with Crippen LogP contribution in [0.5, 0.6) is 0 Å². The maximum Gasteiger partial charge on any atom is 0.240 e. The van der Waals surface area contributed by atoms with E-state index in [0.717, 1.165) is 18.9 Å². The molecule has 0 saturated carbocycles. The largest absolute Gasteiger partial charge is 0.377 e. The molecule has 1 aromatic rings. The Labute approximate surface area is 124 Å². The van der Waals surface area contributed by atoms with Crippen molar-refractivity contribution >= 4 is 20.0 Å². The highest BCUT2D eigenvalue weighted by Gasteiger charge is 2.27. The average Bonchev–Trinajstić information content (AvgIpc) is 2.91. The van der Waals surface area contributed by atoms with E-state index in [1.807, 2.05) is 0 Å². The summed E-state index contributed by atoms with van der Waals surface area (Å²) in [6, 6.07) is 4.55. The van der Waals surface area contributed by atoms with E-state index in [4.69, 9.17) is 9.88 Å². The standard InChI is InChI=1S/C12H18N2O5S2/c1-9(12-6-3-7-19-12)14-21(17,18)11-5-2-4-10(8-11)20(13,15)16/h2,4-5,8-9,12,14H,3,6-7H2,1H3,(H2,13,15,16)/t9-,12+/m1/s1. The van der Waals surface area contributed by atoms with Gasteiger partial charge in [0, 0.05) is 12.6 Å². The number of rotatable bonds is 5. The molecule has 1 aromatic carbocycles. The first-order valence-corrected chi connectivity index (χ1v) is 9.50. The maximum atomic E-state index is 12.3. The minimum absolute atomic E-state index is 0.140. The SMILES string of the molecule is C[C@@H](NS(=O)(=O)c1cccc(S(N)(=O)=O)c1)[C@@H]1CCCO1. The van der Waals surface area contributed by atoms with Gasteiger partial charge in [0.05, 0.1) is 15.9 Å². The first-order chi connectivity index (χ1) is 9.70. The third-order valence-electron chi connectivity index (χ3n) is 3.31. The molecular weight excluding hydrogens is 316 g/mol. The van der Waals surface area contributed by atoms with Crippen LogP contribution in [0.4, 0.5) is 0 Å². The highest BCUT2D eigenvalue weighted by atomic mass is 32.2. The van der Waals surface area contributed by atoms with Crippen molar-refractivity contribution in [3.63, 3.8) is 0 Å². The fraction of sp³-hybridized carbons (Fsp3) is 0.500. The molecule has 1 fully saturated rings. The van der Waals surface area contributed by atoms with Gasteiger partial charge in [-0.2, -0.15) is 0 Å². The second-order valence-electron chi connectivity index (χ2n) is 4.98. The van der Waals surface area contributed by atoms with Crippen LogP contribution in [-0.4, -0.2) is 35.6 Å². The van der Waals surface area contributed by atoms with E-state index in [1.54, 1.807) is 6.92 Å². The van der Waals surface area contributed by atoms with Crippen LogP contribution in [-0.2, 0) is 24.8 Å². The van der Waals surface area contributed by atoms with Gasteiger partial charge in [-0.15, -0.1) is 0 Å². The summed E-state index contributed by atoms with van der Waals surface area (Å²) in [5.41, 5.74) is 0. The van der Waals surface area contributed by atoms with Crippen LogP contribution >= 0.6 is 0 Å². The summed E-state index contributed by atoms with van der Waals surface area (Å²) in [6.45, 7) is 2.34. The third kappa shape index (κ3) is 4.01. The third-order valence-corrected chi connectivity index (χ3v) is 5.78. The summed E-state index contributed by atoms with van der Waals surface area (Å²) >= 11 is 0. The van der Waals surface area contributed by atoms with Gasteiger partial charge in [0.25, 0.3) is 0 Å². The van der Waals surface area contributed by atoms with Gasteiger partial charge in [-0.05, 0) is 38.0 Å². The molecule has 2 atom stereocenters. The van der Waals surface area contributed by atoms with E-state index < -0.39 is 26.1 Å². The molecule has 0 unspecified atom stereocenters. The van der Waals surface area contributed by atoms with Crippen LogP contribution < -0.4 is 9.86 Å². The van der Waals surface area contributed by atoms with Crippen molar-refractivity contribution in [1.82, 2.24) is 4.72 Å². The molecule has 0 aliphatic carbocycles. The van der Waals surface area contributed by atoms with Crippen molar-refractivity contribution in [2.75, 3.05) is 6.61 Å². The Morgan fingerprint density at radius 2 is 1.95 bits per heavy atom. The molecule has 3 N–H and O–H groups in total. The molecule has 118 valence electrons. The first-order valence-electron chi connectivity index (χ1n) is 6.47. The van der Waals surface area contributed by atoms with E-state index in [2.05, 4.69) is 4.72 Å². The van der Waals surface area contributed by atoms with Crippen molar-refractivity contribution in [3.05, 3.63) is 24.3 Å². The lowest BCUT2D eigenvalue weighted by Gasteiger charge is -2.20. The molecule has 1 aliphatic rings. The van der Waals surface area contributed by atoms with Crippen LogP contribution in [0, 0.1) is 0 Å². The van der Waals surface area contributed by atoms with Gasteiger partial charge in [0.15, 0.2) is 0 Å². The highest BCUT2D eigenvalue weighted by molar-refractivity contribution is 7.90. The van der Waals surface area contributed by atoms with Crippen molar-refractivity contribution in [2.24, 2.45) is 5.14 Å². The molecule has 0 radical (unpaired) electrons. The van der Waals surface area contributed by atoms with Gasteiger partial charge < -0.3 is 4.74 Å². The molecular formula is C12H18N2O5S2. The molecule has 7 nitrogen and oxygen atoms in total. The fourth-order valence-corrected chi connectivity index (χ4v) is 4.16. The van der Waals surface area contributed by atoms with Crippen molar-refractivity contribution < 1.29 is 21.6 Å². The number of hydrogen-bond donors (Lipinski definition) is 2. The van der Waals surface area contributed by atoms with Gasteiger partial charge in [-0.25, -0.2) is 26.7 Å². The van der Waals surface area contributed by atoms with Crippen LogP contribution in [0.3, 0.4) is 0 Å². The van der Waals surface area contributed by atoms with E-state index in [-0.39, 0.29) is 15.9 Å². The normalized spacial score (nSPS) is 21.3. The van der Waals surface area contributed by atoms with Gasteiger partial charge in [-0.1, -0.05) is 6.07 Å². The molecule has 1 heterocycles. The smallest absolute Gasteiger partial charge is 0.240 e. The Morgan fingerprint density at radius 1 is 1.29 bits per heavy atom. The Morgan fingerprint density at radius 3 is 2.52 bits per heavy atom. The lowest BCUT2D eigenvalue weighted by molar-refractivity contribution is 0.0902. The number of benzene rings is 1. The minimum atomic E-state index is -3.95. The van der Waals surface area contributed by atoms with E-state index in [9.17, 15) is 16.8 Å². The Hall–Kier alpha value is -1.00. The number of sulfonamides is 2. The summed E-state index contributed by atoms with van der Waals surface area (Å²) in [7, 11) is -7.78. The van der Waals surface area contributed by atoms with Crippen molar-refractivity contribution in [2.45, 2.75) is 41.7 Å². The Bertz CT molecular complexity index is 709. The van der Waals surface area contributed by atoms with Crippen LogP contribution in [0.15, 0.2) is 34.1 Å². The van der Waals surface area contributed by atoms with Crippen molar-refractivity contribution in [1.29, 1.82) is 0 Å². The minimum Gasteiger partial charge on any atom is -0.377 e. The molecule has 9 heteroatoms. The average molecular weight is 334 g/mol. The number of nitrogens with two attached hydrogens (primary N) is 1. The lowest BCUT2D eigenvalue weighted by atomic mass is 10.1. The fourth-order valence-electron chi connectivity index (χ4n) is 2.20. The zero-order valence-electron chi connectivity index (χ0n) is 11.5. The van der Waals surface area contributed by atoms with Crippen LogP contribution in [0.25, 0.3) is 0 Å². The zero-order valence-corrected chi connectivity index (χ0v) is 13.2.